The summed E-state index contributed by atoms with van der Waals surface area (Å²) in [5, 5.41) is 6.27. The molecule has 4 nitrogen and oxygen atoms in total. The van der Waals surface area contributed by atoms with Gasteiger partial charge >= 0.3 is 0 Å². The second-order valence-corrected chi connectivity index (χ2v) is 4.62. The minimum absolute atomic E-state index is 0.129. The van der Waals surface area contributed by atoms with Crippen molar-refractivity contribution in [1.82, 2.24) is 10.6 Å². The Balaban J connectivity index is 2.45. The molecule has 0 unspecified atom stereocenters. The van der Waals surface area contributed by atoms with Gasteiger partial charge < -0.3 is 10.6 Å². The van der Waals surface area contributed by atoms with Gasteiger partial charge in [0.1, 0.15) is 0 Å². The monoisotopic (exact) mass is 300 g/mol. The molecular weight excluding hydrogens is 287 g/mol. The van der Waals surface area contributed by atoms with Gasteiger partial charge in [0, 0.05) is 36.1 Å². The van der Waals surface area contributed by atoms with Crippen LogP contribution in [0, 0.1) is 0 Å². The van der Waals surface area contributed by atoms with E-state index < -0.39 is 0 Å². The Morgan fingerprint density at radius 2 is 1.89 bits per heavy atom. The number of hydrogen-bond donors (Lipinski definition) is 2. The Labute approximate surface area is 121 Å². The van der Waals surface area contributed by atoms with Crippen molar-refractivity contribution in [3.63, 3.8) is 0 Å². The van der Waals surface area contributed by atoms with Crippen LogP contribution in [0.2, 0.25) is 10.0 Å². The molecule has 1 aromatic rings. The summed E-state index contributed by atoms with van der Waals surface area (Å²) in [5.41, 5.74) is 0.672. The molecular formula is C13H14Cl2N2O2. The van der Waals surface area contributed by atoms with E-state index in [1.165, 1.54) is 13.0 Å². The van der Waals surface area contributed by atoms with Crippen molar-refractivity contribution in [1.29, 1.82) is 0 Å². The molecule has 0 atom stereocenters. The van der Waals surface area contributed by atoms with Gasteiger partial charge in [0.25, 0.3) is 0 Å². The number of benzene rings is 1. The maximum atomic E-state index is 11.5. The van der Waals surface area contributed by atoms with Gasteiger partial charge in [-0.25, -0.2) is 0 Å². The van der Waals surface area contributed by atoms with E-state index in [1.807, 2.05) is 0 Å². The highest BCUT2D eigenvalue weighted by Crippen LogP contribution is 2.21. The predicted octanol–water partition coefficient (Wildman–Crippen LogP) is 2.26. The third-order valence-corrected chi connectivity index (χ3v) is 2.75. The van der Waals surface area contributed by atoms with E-state index in [-0.39, 0.29) is 11.8 Å². The minimum Gasteiger partial charge on any atom is -0.355 e. The molecule has 1 rings (SSSR count). The number of nitrogens with one attached hydrogen (secondary N) is 2. The molecule has 0 aliphatic heterocycles. The second-order valence-electron chi connectivity index (χ2n) is 3.77. The topological polar surface area (TPSA) is 58.2 Å². The van der Waals surface area contributed by atoms with Crippen molar-refractivity contribution < 1.29 is 9.59 Å². The van der Waals surface area contributed by atoms with Crippen LogP contribution in [-0.2, 0) is 9.59 Å². The van der Waals surface area contributed by atoms with E-state index in [0.717, 1.165) is 0 Å². The Morgan fingerprint density at radius 3 is 2.58 bits per heavy atom. The van der Waals surface area contributed by atoms with Crippen LogP contribution in [0.3, 0.4) is 0 Å². The lowest BCUT2D eigenvalue weighted by Crippen LogP contribution is -2.32. The fourth-order valence-corrected chi connectivity index (χ4v) is 1.65. The first-order chi connectivity index (χ1) is 8.99. The van der Waals surface area contributed by atoms with Crippen molar-refractivity contribution in [2.75, 3.05) is 13.1 Å². The van der Waals surface area contributed by atoms with E-state index in [9.17, 15) is 9.59 Å². The lowest BCUT2D eigenvalue weighted by atomic mass is 10.2. The smallest absolute Gasteiger partial charge is 0.244 e. The van der Waals surface area contributed by atoms with Gasteiger partial charge in [-0.05, 0) is 29.8 Å². The van der Waals surface area contributed by atoms with Gasteiger partial charge in [-0.2, -0.15) is 0 Å². The third-order valence-electron chi connectivity index (χ3n) is 2.17. The Hall–Kier alpha value is -1.52. The van der Waals surface area contributed by atoms with Crippen molar-refractivity contribution >= 4 is 41.1 Å². The number of carbonyl (C=O) groups excluding carboxylic acids is 2. The van der Waals surface area contributed by atoms with E-state index in [4.69, 9.17) is 23.2 Å². The van der Waals surface area contributed by atoms with Gasteiger partial charge in [-0.3, -0.25) is 9.59 Å². The second kappa shape index (κ2) is 7.81. The summed E-state index contributed by atoms with van der Waals surface area (Å²) in [6.07, 6.45) is 2.95. The van der Waals surface area contributed by atoms with Gasteiger partial charge in [0.05, 0.1) is 0 Å². The van der Waals surface area contributed by atoms with Crippen LogP contribution in [0.5, 0.6) is 0 Å². The maximum Gasteiger partial charge on any atom is 0.244 e. The zero-order valence-electron chi connectivity index (χ0n) is 10.4. The zero-order chi connectivity index (χ0) is 14.3. The van der Waals surface area contributed by atoms with Crippen LogP contribution in [0.15, 0.2) is 24.3 Å². The molecule has 0 fully saturated rings. The standard InChI is InChI=1S/C13H14Cl2N2O2/c1-9(18)16-6-7-17-13(19)5-2-10-8-11(14)3-4-12(10)15/h2-5,8H,6-7H2,1H3,(H,16,18)(H,17,19)/b5-2+. The third kappa shape index (κ3) is 6.27. The highest BCUT2D eigenvalue weighted by Gasteiger charge is 1.99. The van der Waals surface area contributed by atoms with E-state index >= 15 is 0 Å². The molecule has 0 saturated carbocycles. The lowest BCUT2D eigenvalue weighted by Gasteiger charge is -2.03. The maximum absolute atomic E-state index is 11.5. The molecule has 2 N–H and O–H groups in total. The van der Waals surface area contributed by atoms with Gasteiger partial charge in [0.2, 0.25) is 11.8 Å². The highest BCUT2D eigenvalue weighted by molar-refractivity contribution is 6.34. The minimum atomic E-state index is -0.263. The number of carbonyl (C=O) groups is 2. The quantitative estimate of drug-likeness (QED) is 0.647. The molecule has 6 heteroatoms. The van der Waals surface area contributed by atoms with Crippen LogP contribution < -0.4 is 10.6 Å². The summed E-state index contributed by atoms with van der Waals surface area (Å²) < 4.78 is 0. The van der Waals surface area contributed by atoms with Gasteiger partial charge in [-0.1, -0.05) is 23.2 Å². The molecule has 0 aromatic heterocycles. The first-order valence-corrected chi connectivity index (χ1v) is 6.40. The largest absolute Gasteiger partial charge is 0.355 e. The molecule has 102 valence electrons. The first kappa shape index (κ1) is 15.5. The first-order valence-electron chi connectivity index (χ1n) is 5.64. The van der Waals surface area contributed by atoms with Crippen molar-refractivity contribution in [3.8, 4) is 0 Å². The van der Waals surface area contributed by atoms with Crippen LogP contribution in [-0.4, -0.2) is 24.9 Å². The molecule has 0 bridgehead atoms. The van der Waals surface area contributed by atoms with Crippen molar-refractivity contribution in [2.45, 2.75) is 6.92 Å². The summed E-state index contributed by atoms with van der Waals surface area (Å²) in [6.45, 7) is 2.18. The van der Waals surface area contributed by atoms with E-state index in [2.05, 4.69) is 10.6 Å². The summed E-state index contributed by atoms with van der Waals surface area (Å²) in [4.78, 5) is 22.1. The predicted molar refractivity (Wildman–Crippen MR) is 77.2 cm³/mol. The molecule has 2 amide bonds. The molecule has 0 aliphatic carbocycles. The number of rotatable bonds is 5. The van der Waals surface area contributed by atoms with Crippen LogP contribution >= 0.6 is 23.2 Å². The Kier molecular flexibility index (Phi) is 6.39. The summed E-state index contributed by atoms with van der Waals surface area (Å²) in [6, 6.07) is 5.01. The molecule has 0 aliphatic rings. The fraction of sp³-hybridized carbons (Fsp3) is 0.231. The molecule has 1 aromatic carbocycles. The van der Waals surface area contributed by atoms with Crippen LogP contribution in [0.25, 0.3) is 6.08 Å². The number of amides is 2. The normalized spacial score (nSPS) is 10.5. The summed E-state index contributed by atoms with van der Waals surface area (Å²) >= 11 is 11.8. The Morgan fingerprint density at radius 1 is 1.21 bits per heavy atom. The molecule has 0 heterocycles. The van der Waals surface area contributed by atoms with Crippen molar-refractivity contribution in [2.24, 2.45) is 0 Å². The molecule has 0 radical (unpaired) electrons. The van der Waals surface area contributed by atoms with Crippen molar-refractivity contribution in [3.05, 3.63) is 39.9 Å². The van der Waals surface area contributed by atoms with Crippen LogP contribution in [0.4, 0.5) is 0 Å². The summed E-state index contributed by atoms with van der Waals surface area (Å²) in [5.74, 6) is -0.392. The fourth-order valence-electron chi connectivity index (χ4n) is 1.29. The van der Waals surface area contributed by atoms with Gasteiger partial charge in [0.15, 0.2) is 0 Å². The Bertz CT molecular complexity index is 501. The molecule has 19 heavy (non-hydrogen) atoms. The van der Waals surface area contributed by atoms with E-state index in [1.54, 1.807) is 24.3 Å². The zero-order valence-corrected chi connectivity index (χ0v) is 11.9. The molecule has 0 spiro atoms. The average molecular weight is 301 g/mol. The number of hydrogen-bond acceptors (Lipinski definition) is 2. The summed E-state index contributed by atoms with van der Waals surface area (Å²) in [7, 11) is 0. The SMILES string of the molecule is CC(=O)NCCNC(=O)/C=C/c1cc(Cl)ccc1Cl. The van der Waals surface area contributed by atoms with Crippen LogP contribution in [0.1, 0.15) is 12.5 Å². The van der Waals surface area contributed by atoms with Gasteiger partial charge in [-0.15, -0.1) is 0 Å². The molecule has 0 saturated heterocycles. The highest BCUT2D eigenvalue weighted by atomic mass is 35.5. The average Bonchev–Trinajstić information content (AvgIpc) is 2.35. The lowest BCUT2D eigenvalue weighted by molar-refractivity contribution is -0.119. The van der Waals surface area contributed by atoms with E-state index in [0.29, 0.717) is 28.7 Å². The number of halogens is 2.